The molecule has 1 saturated heterocycles. The summed E-state index contributed by atoms with van der Waals surface area (Å²) >= 11 is 7.29. The average Bonchev–Trinajstić information content (AvgIpc) is 3.68. The second-order valence-electron chi connectivity index (χ2n) is 9.27. The summed E-state index contributed by atoms with van der Waals surface area (Å²) in [5.74, 6) is -0.00195. The molecule has 0 unspecified atom stereocenters. The Labute approximate surface area is 244 Å². The van der Waals surface area contributed by atoms with Gasteiger partial charge < -0.3 is 15.1 Å². The number of rotatable bonds is 7. The predicted molar refractivity (Wildman–Crippen MR) is 163 cm³/mol. The van der Waals surface area contributed by atoms with Gasteiger partial charge in [0.05, 0.1) is 11.9 Å². The van der Waals surface area contributed by atoms with Crippen molar-refractivity contribution in [1.29, 1.82) is 0 Å². The number of hydrogen-bond donors (Lipinski definition) is 2. The van der Waals surface area contributed by atoms with Crippen molar-refractivity contribution in [1.82, 2.24) is 15.1 Å². The van der Waals surface area contributed by atoms with Gasteiger partial charge in [-0.15, -0.1) is 5.10 Å². The number of amides is 2. The van der Waals surface area contributed by atoms with Crippen molar-refractivity contribution in [3.8, 4) is 17.1 Å². The Kier molecular flexibility index (Phi) is 7.41. The number of thioether (sulfide) groups is 1. The van der Waals surface area contributed by atoms with Gasteiger partial charge in [0.2, 0.25) is 11.8 Å². The van der Waals surface area contributed by atoms with E-state index >= 15 is 0 Å². The number of carbonyl (C=O) groups excluding carboxylic acids is 2. The number of halogens is 1. The summed E-state index contributed by atoms with van der Waals surface area (Å²) in [4.78, 5) is 25.1. The molecule has 2 amide bonds. The first kappa shape index (κ1) is 26.5. The highest BCUT2D eigenvalue weighted by Gasteiger charge is 2.32. The zero-order valence-corrected chi connectivity index (χ0v) is 23.3. The molecular formula is C30H23ClN6O3S. The van der Waals surface area contributed by atoms with E-state index in [0.29, 0.717) is 32.9 Å². The highest BCUT2D eigenvalue weighted by molar-refractivity contribution is 8.15. The van der Waals surface area contributed by atoms with Crippen LogP contribution in [0.2, 0.25) is 5.02 Å². The number of carbonyl (C=O) groups is 2. The Morgan fingerprint density at radius 2 is 1.95 bits per heavy atom. The predicted octanol–water partition coefficient (Wildman–Crippen LogP) is 6.20. The summed E-state index contributed by atoms with van der Waals surface area (Å²) in [5.41, 5.74) is 4.29. The van der Waals surface area contributed by atoms with E-state index in [9.17, 15) is 9.59 Å². The molecule has 204 valence electrons. The second kappa shape index (κ2) is 11.4. The first-order valence-electron chi connectivity index (χ1n) is 12.7. The Hall–Kier alpha value is -4.67. The molecule has 1 aliphatic rings. The van der Waals surface area contributed by atoms with Gasteiger partial charge in [0, 0.05) is 34.3 Å². The molecule has 3 heterocycles. The van der Waals surface area contributed by atoms with Crippen molar-refractivity contribution < 1.29 is 14.0 Å². The van der Waals surface area contributed by atoms with E-state index in [1.807, 2.05) is 73.8 Å². The van der Waals surface area contributed by atoms with Crippen LogP contribution in [-0.2, 0) is 9.59 Å². The first-order chi connectivity index (χ1) is 19.9. The molecule has 2 N–H and O–H groups in total. The number of benzene rings is 3. The highest BCUT2D eigenvalue weighted by atomic mass is 35.5. The number of nitrogens with one attached hydrogen (secondary N) is 2. The van der Waals surface area contributed by atoms with Gasteiger partial charge in [-0.2, -0.15) is 10.2 Å². The fourth-order valence-corrected chi connectivity index (χ4v) is 5.43. The van der Waals surface area contributed by atoms with Gasteiger partial charge in [-0.05, 0) is 48.9 Å². The van der Waals surface area contributed by atoms with Crippen molar-refractivity contribution in [3.05, 3.63) is 101 Å². The maximum Gasteiger partial charge on any atom is 0.240 e. The SMILES string of the molecule is Cc1c(Cl)cccc1NC(=O)C[C@H]1S/C(=N/N=C\c2cn(-c3ccccc3)nc2-c2cc3ccccc3o2)NC1=O. The van der Waals surface area contributed by atoms with Gasteiger partial charge in [-0.3, -0.25) is 9.59 Å². The number of para-hydroxylation sites is 2. The van der Waals surface area contributed by atoms with Crippen molar-refractivity contribution in [2.24, 2.45) is 10.2 Å². The molecule has 1 aliphatic heterocycles. The molecule has 0 radical (unpaired) electrons. The van der Waals surface area contributed by atoms with E-state index < -0.39 is 5.25 Å². The van der Waals surface area contributed by atoms with Crippen molar-refractivity contribution in [2.75, 3.05) is 5.32 Å². The van der Waals surface area contributed by atoms with Gasteiger partial charge in [-0.25, -0.2) is 4.68 Å². The van der Waals surface area contributed by atoms with Crippen LogP contribution in [0.1, 0.15) is 17.5 Å². The molecular weight excluding hydrogens is 560 g/mol. The second-order valence-corrected chi connectivity index (χ2v) is 10.9. The Morgan fingerprint density at radius 3 is 2.78 bits per heavy atom. The van der Waals surface area contributed by atoms with Gasteiger partial charge in [-0.1, -0.05) is 65.8 Å². The van der Waals surface area contributed by atoms with Gasteiger partial charge in [0.1, 0.15) is 16.5 Å². The van der Waals surface area contributed by atoms with Crippen LogP contribution in [0, 0.1) is 6.92 Å². The summed E-state index contributed by atoms with van der Waals surface area (Å²) < 4.78 is 7.82. The van der Waals surface area contributed by atoms with Crippen LogP contribution in [0.5, 0.6) is 0 Å². The van der Waals surface area contributed by atoms with Crippen molar-refractivity contribution in [2.45, 2.75) is 18.6 Å². The molecule has 9 nitrogen and oxygen atoms in total. The zero-order chi connectivity index (χ0) is 28.3. The summed E-state index contributed by atoms with van der Waals surface area (Å²) in [6, 6.07) is 24.7. The van der Waals surface area contributed by atoms with Gasteiger partial charge in [0.15, 0.2) is 10.9 Å². The number of furan rings is 1. The molecule has 3 aromatic carbocycles. The van der Waals surface area contributed by atoms with Crippen LogP contribution >= 0.6 is 23.4 Å². The van der Waals surface area contributed by atoms with E-state index in [0.717, 1.165) is 34.0 Å². The molecule has 11 heteroatoms. The van der Waals surface area contributed by atoms with Crippen LogP contribution in [0.4, 0.5) is 5.69 Å². The lowest BCUT2D eigenvalue weighted by atomic mass is 10.2. The average molecular weight is 583 g/mol. The Morgan fingerprint density at radius 1 is 1.15 bits per heavy atom. The molecule has 41 heavy (non-hydrogen) atoms. The standard InChI is InChI=1S/C30H23ClN6O3S/c1-18-22(31)11-7-12-23(18)33-27(38)15-26-29(39)34-30(41-26)35-32-16-20-17-37(21-9-3-2-4-10-21)36-28(20)25-14-19-8-5-6-13-24(19)40-25/h2-14,16-17,26H,15H2,1H3,(H,33,38)(H,34,35,39)/b32-16-/t26-/m1/s1. The summed E-state index contributed by atoms with van der Waals surface area (Å²) in [6.07, 6.45) is 3.38. The van der Waals surface area contributed by atoms with Gasteiger partial charge in [0.25, 0.3) is 0 Å². The van der Waals surface area contributed by atoms with E-state index in [4.69, 9.17) is 21.1 Å². The number of aromatic nitrogens is 2. The third-order valence-electron chi connectivity index (χ3n) is 6.46. The fourth-order valence-electron chi connectivity index (χ4n) is 4.33. The van der Waals surface area contributed by atoms with Crippen molar-refractivity contribution >= 4 is 63.2 Å². The largest absolute Gasteiger partial charge is 0.454 e. The maximum absolute atomic E-state index is 12.6. The third kappa shape index (κ3) is 5.79. The van der Waals surface area contributed by atoms with Crippen LogP contribution in [0.25, 0.3) is 28.1 Å². The summed E-state index contributed by atoms with van der Waals surface area (Å²) in [6.45, 7) is 1.82. The molecule has 5 aromatic rings. The minimum Gasteiger partial charge on any atom is -0.454 e. The highest BCUT2D eigenvalue weighted by Crippen LogP contribution is 2.30. The van der Waals surface area contributed by atoms with Gasteiger partial charge >= 0.3 is 0 Å². The zero-order valence-electron chi connectivity index (χ0n) is 21.7. The Bertz CT molecular complexity index is 1800. The molecule has 1 atom stereocenters. The maximum atomic E-state index is 12.6. The molecule has 2 aromatic heterocycles. The fraction of sp³-hybridized carbons (Fsp3) is 0.100. The summed E-state index contributed by atoms with van der Waals surface area (Å²) in [5, 5.41) is 19.9. The van der Waals surface area contributed by atoms with Crippen LogP contribution in [0.15, 0.2) is 99.7 Å². The van der Waals surface area contributed by atoms with E-state index in [1.54, 1.807) is 29.1 Å². The van der Waals surface area contributed by atoms with Crippen molar-refractivity contribution in [3.63, 3.8) is 0 Å². The third-order valence-corrected chi connectivity index (χ3v) is 7.94. The lowest BCUT2D eigenvalue weighted by Crippen LogP contribution is -2.28. The van der Waals surface area contributed by atoms with E-state index in [2.05, 4.69) is 20.8 Å². The smallest absolute Gasteiger partial charge is 0.240 e. The lowest BCUT2D eigenvalue weighted by Gasteiger charge is -2.10. The Balaban J connectivity index is 1.20. The minimum absolute atomic E-state index is 0.0226. The van der Waals surface area contributed by atoms with E-state index in [-0.39, 0.29) is 18.2 Å². The van der Waals surface area contributed by atoms with E-state index in [1.165, 1.54) is 0 Å². The number of amidine groups is 1. The normalized spacial score (nSPS) is 16.1. The number of fused-ring (bicyclic) bond motifs is 1. The minimum atomic E-state index is -0.629. The van der Waals surface area contributed by atoms with Crippen LogP contribution in [0.3, 0.4) is 0 Å². The van der Waals surface area contributed by atoms with Crippen LogP contribution in [-0.4, -0.2) is 38.2 Å². The lowest BCUT2D eigenvalue weighted by molar-refractivity contribution is -0.122. The molecule has 0 bridgehead atoms. The summed E-state index contributed by atoms with van der Waals surface area (Å²) in [7, 11) is 0. The molecule has 0 aliphatic carbocycles. The molecule has 6 rings (SSSR count). The molecule has 0 saturated carbocycles. The topological polar surface area (TPSA) is 114 Å². The van der Waals surface area contributed by atoms with Crippen LogP contribution < -0.4 is 10.6 Å². The monoisotopic (exact) mass is 582 g/mol. The molecule has 1 fully saturated rings. The quantitative estimate of drug-likeness (QED) is 0.175. The number of nitrogens with zero attached hydrogens (tertiary/aromatic N) is 4. The number of anilines is 1. The molecule has 0 spiro atoms. The first-order valence-corrected chi connectivity index (χ1v) is 14.0. The number of hydrogen-bond acceptors (Lipinski definition) is 7.